The third-order valence-electron chi connectivity index (χ3n) is 7.99. The van der Waals surface area contributed by atoms with Gasteiger partial charge in [0.1, 0.15) is 18.1 Å². The van der Waals surface area contributed by atoms with Gasteiger partial charge in [0.25, 0.3) is 0 Å². The molecule has 1 N–H and O–H groups in total. The second-order valence-electron chi connectivity index (χ2n) is 10.8. The lowest BCUT2D eigenvalue weighted by atomic mass is 9.65. The lowest BCUT2D eigenvalue weighted by Gasteiger charge is -2.47. The van der Waals surface area contributed by atoms with Crippen molar-refractivity contribution in [3.8, 4) is 5.75 Å². The van der Waals surface area contributed by atoms with E-state index in [0.717, 1.165) is 21.5 Å². The smallest absolute Gasteiger partial charge is 0.464 e. The first-order valence-electron chi connectivity index (χ1n) is 14.0. The number of piperidine rings is 1. The van der Waals surface area contributed by atoms with E-state index in [-0.39, 0.29) is 17.9 Å². The maximum absolute atomic E-state index is 13.2. The zero-order chi connectivity index (χ0) is 30.5. The average Bonchev–Trinajstić information content (AvgIpc) is 3.46. The van der Waals surface area contributed by atoms with E-state index in [1.54, 1.807) is 13.2 Å². The molecular formula is C33H32Cl2N3O5+. The largest absolute Gasteiger partial charge is 0.488 e. The first-order chi connectivity index (χ1) is 20.8. The van der Waals surface area contributed by atoms with E-state index in [1.807, 2.05) is 79.7 Å². The van der Waals surface area contributed by atoms with Crippen molar-refractivity contribution in [1.29, 1.82) is 0 Å². The number of methoxy groups -OCH3 is 1. The maximum Gasteiger partial charge on any atom is 0.464 e. The number of isocyanates is 1. The Hall–Kier alpha value is -3.94. The van der Waals surface area contributed by atoms with Crippen LogP contribution in [0.1, 0.15) is 29.9 Å². The monoisotopic (exact) mass is 620 g/mol. The number of benzene rings is 3. The van der Waals surface area contributed by atoms with Gasteiger partial charge in [-0.3, -0.25) is 4.79 Å². The number of aliphatic carboxylic acids is 1. The summed E-state index contributed by atoms with van der Waals surface area (Å²) in [5, 5.41) is 16.0. The minimum absolute atomic E-state index is 0.190. The molecule has 0 aliphatic carbocycles. The molecule has 5 atom stereocenters. The number of anilines is 1. The number of carbonyl (C=O) groups excluding carboxylic acids is 1. The molecule has 0 spiro atoms. The van der Waals surface area contributed by atoms with Crippen LogP contribution >= 0.6 is 23.2 Å². The van der Waals surface area contributed by atoms with Crippen LogP contribution in [0.4, 0.5) is 5.69 Å². The summed E-state index contributed by atoms with van der Waals surface area (Å²) in [7, 11) is 1.62. The molecule has 1 fully saturated rings. The molecule has 222 valence electrons. The van der Waals surface area contributed by atoms with Crippen LogP contribution in [0.2, 0.25) is 10.0 Å². The number of rotatable bonds is 10. The molecule has 0 bridgehead atoms. The van der Waals surface area contributed by atoms with E-state index >= 15 is 0 Å². The second-order valence-corrected chi connectivity index (χ2v) is 11.6. The summed E-state index contributed by atoms with van der Waals surface area (Å²) in [5.74, 6) is -2.40. The number of carbonyl (C=O) groups is 1. The van der Waals surface area contributed by atoms with Crippen LogP contribution in [0.3, 0.4) is 0 Å². The molecule has 0 aromatic heterocycles. The Morgan fingerprint density at radius 3 is 2.49 bits per heavy atom. The highest BCUT2D eigenvalue weighted by Crippen LogP contribution is 2.51. The van der Waals surface area contributed by atoms with E-state index in [1.165, 1.54) is 12.4 Å². The van der Waals surface area contributed by atoms with Crippen molar-refractivity contribution in [2.24, 2.45) is 16.9 Å². The Morgan fingerprint density at radius 2 is 1.81 bits per heavy atom. The third kappa shape index (κ3) is 6.68. The van der Waals surface area contributed by atoms with Gasteiger partial charge in [0, 0.05) is 52.8 Å². The highest BCUT2D eigenvalue weighted by molar-refractivity contribution is 6.33. The molecule has 2 heterocycles. The Kier molecular flexibility index (Phi) is 9.63. The van der Waals surface area contributed by atoms with Gasteiger partial charge in [-0.15, -0.1) is 0 Å². The maximum atomic E-state index is 13.2. The van der Waals surface area contributed by atoms with Gasteiger partial charge in [0.2, 0.25) is 6.20 Å². The van der Waals surface area contributed by atoms with Crippen molar-refractivity contribution >= 4 is 47.2 Å². The predicted molar refractivity (Wildman–Crippen MR) is 166 cm³/mol. The fourth-order valence-corrected chi connectivity index (χ4v) is 6.63. The van der Waals surface area contributed by atoms with Gasteiger partial charge >= 0.3 is 12.0 Å². The number of nitrogens with zero attached hydrogens (tertiary/aromatic N) is 3. The fourth-order valence-electron chi connectivity index (χ4n) is 6.25. The van der Waals surface area contributed by atoms with Crippen LogP contribution in [0.5, 0.6) is 5.75 Å². The molecule has 0 saturated carbocycles. The molecule has 43 heavy (non-hydrogen) atoms. The van der Waals surface area contributed by atoms with Crippen LogP contribution < -0.4 is 9.64 Å². The number of carboxylic acid groups (broad SMARTS) is 1. The summed E-state index contributed by atoms with van der Waals surface area (Å²) in [6, 6.07) is 23.0. The van der Waals surface area contributed by atoms with Gasteiger partial charge in [-0.25, -0.2) is 0 Å². The quantitative estimate of drug-likeness (QED) is 0.210. The molecule has 0 amide bonds. The predicted octanol–water partition coefficient (Wildman–Crippen LogP) is 6.34. The molecular weight excluding hydrogens is 589 g/mol. The number of hydrazone groups is 1. The summed E-state index contributed by atoms with van der Waals surface area (Å²) in [6.07, 6.45) is 4.32. The average molecular weight is 622 g/mol. The number of carboxylic acids is 1. The number of para-hydroxylation sites is 2. The highest BCUT2D eigenvalue weighted by atomic mass is 35.5. The molecule has 10 heteroatoms. The van der Waals surface area contributed by atoms with Gasteiger partial charge in [-0.05, 0) is 48.4 Å². The van der Waals surface area contributed by atoms with Crippen molar-refractivity contribution in [3.05, 3.63) is 106 Å². The normalized spacial score (nSPS) is 21.2. The van der Waals surface area contributed by atoms with Gasteiger partial charge in [0.05, 0.1) is 28.8 Å². The lowest BCUT2D eigenvalue weighted by Crippen LogP contribution is -2.49. The minimum atomic E-state index is -1.03. The van der Waals surface area contributed by atoms with E-state index in [0.29, 0.717) is 41.1 Å². The molecule has 3 aromatic rings. The van der Waals surface area contributed by atoms with Crippen molar-refractivity contribution in [2.45, 2.75) is 24.9 Å². The van der Waals surface area contributed by atoms with Gasteiger partial charge in [-0.2, -0.15) is 4.79 Å². The topological polar surface area (TPSA) is 91.4 Å². The fraction of sp³-hybridized carbons (Fsp3) is 0.303. The highest BCUT2D eigenvalue weighted by Gasteiger charge is 2.48. The van der Waals surface area contributed by atoms with E-state index in [4.69, 9.17) is 32.7 Å². The zero-order valence-electron chi connectivity index (χ0n) is 23.8. The molecule has 0 radical (unpaired) electrons. The van der Waals surface area contributed by atoms with Gasteiger partial charge in [0.15, 0.2) is 0 Å². The summed E-state index contributed by atoms with van der Waals surface area (Å²) in [4.78, 5) is 26.7. The van der Waals surface area contributed by atoms with Gasteiger partial charge in [-0.1, -0.05) is 65.7 Å². The molecule has 1 saturated heterocycles. The molecule has 8 nitrogen and oxygen atoms in total. The first-order valence-corrected chi connectivity index (χ1v) is 14.7. The Balaban J connectivity index is 1.72. The summed E-state index contributed by atoms with van der Waals surface area (Å²) in [5.41, 5.74) is 3.10. The van der Waals surface area contributed by atoms with Crippen molar-refractivity contribution in [2.75, 3.05) is 31.7 Å². The summed E-state index contributed by atoms with van der Waals surface area (Å²) in [6.45, 7) is 3.25. The van der Waals surface area contributed by atoms with Crippen molar-refractivity contribution < 1.29 is 28.9 Å². The van der Waals surface area contributed by atoms with Crippen LogP contribution in [0.15, 0.2) is 89.7 Å². The minimum Gasteiger partial charge on any atom is -0.488 e. The van der Waals surface area contributed by atoms with E-state index < -0.39 is 17.8 Å². The Morgan fingerprint density at radius 1 is 1.09 bits per heavy atom. The number of ether oxygens (including phenoxy) is 2. The molecule has 5 unspecified atom stereocenters. The molecule has 2 aliphatic heterocycles. The zero-order valence-corrected chi connectivity index (χ0v) is 25.3. The summed E-state index contributed by atoms with van der Waals surface area (Å²) >= 11 is 13.0. The SMILES string of the molecule is COCC(C)Oc1ccccc1C1C(c2ccc(Cl)cc2)CN(c2ccccc2Cl)CC1C(C(=O)O)C1=C[N+](=C=O)N=C1. The molecule has 3 aromatic carbocycles. The standard InChI is InChI=1S/C33H31Cl2N3O5/c1-21(19-42-2)43-30-10-6-3-7-25(30)32-26(22-11-13-24(34)14-12-22)17-37(29-9-5-4-8-28(29)35)18-27(32)31(33(40)41)23-15-36-38(16-23)20-39/h3-16,21,26-27,31-32H,17-19H2,1-2H3/p+1. The van der Waals surface area contributed by atoms with Crippen LogP contribution in [0.25, 0.3) is 0 Å². The Bertz CT molecular complexity index is 1590. The van der Waals surface area contributed by atoms with Crippen LogP contribution in [-0.2, 0) is 14.3 Å². The second kappa shape index (κ2) is 13.6. The van der Waals surface area contributed by atoms with Crippen LogP contribution in [0, 0.1) is 11.8 Å². The number of hydrogen-bond acceptors (Lipinski definition) is 6. The molecule has 2 aliphatic rings. The van der Waals surface area contributed by atoms with E-state index in [9.17, 15) is 14.7 Å². The lowest BCUT2D eigenvalue weighted by molar-refractivity contribution is -0.454. The summed E-state index contributed by atoms with van der Waals surface area (Å²) < 4.78 is 12.7. The van der Waals surface area contributed by atoms with Gasteiger partial charge < -0.3 is 19.5 Å². The number of halogens is 2. The third-order valence-corrected chi connectivity index (χ3v) is 8.56. The van der Waals surface area contributed by atoms with E-state index in [2.05, 4.69) is 10.0 Å². The molecule has 5 rings (SSSR count). The number of hydrogen-bond donors (Lipinski definition) is 1. The first kappa shape index (κ1) is 30.5. The van der Waals surface area contributed by atoms with Crippen molar-refractivity contribution in [3.63, 3.8) is 0 Å². The Labute approximate surface area is 260 Å². The van der Waals surface area contributed by atoms with Crippen molar-refractivity contribution in [1.82, 2.24) is 0 Å². The van der Waals surface area contributed by atoms with Crippen LogP contribution in [-0.4, -0.2) is 61.0 Å².